The van der Waals surface area contributed by atoms with E-state index in [-0.39, 0.29) is 5.28 Å². The number of hydrogen-bond acceptors (Lipinski definition) is 5. The van der Waals surface area contributed by atoms with E-state index in [2.05, 4.69) is 31.2 Å². The van der Waals surface area contributed by atoms with Gasteiger partial charge >= 0.3 is 0 Å². The molecule has 1 aromatic heterocycles. The molecule has 0 radical (unpaired) electrons. The van der Waals surface area contributed by atoms with Crippen molar-refractivity contribution in [3.05, 3.63) is 40.2 Å². The van der Waals surface area contributed by atoms with Crippen LogP contribution in [0.1, 0.15) is 12.8 Å². The number of rotatable bonds is 6. The number of anilines is 2. The van der Waals surface area contributed by atoms with E-state index >= 15 is 0 Å². The molecule has 2 aromatic rings. The second-order valence-corrected chi connectivity index (χ2v) is 8.08. The highest BCUT2D eigenvalue weighted by Crippen LogP contribution is 2.20. The van der Waals surface area contributed by atoms with E-state index in [1.807, 2.05) is 0 Å². The van der Waals surface area contributed by atoms with Gasteiger partial charge in [0.25, 0.3) is 0 Å². The Bertz CT molecular complexity index is 808. The van der Waals surface area contributed by atoms with Crippen LogP contribution >= 0.6 is 27.5 Å². The number of aromatic nitrogens is 2. The van der Waals surface area contributed by atoms with Crippen LogP contribution in [0.2, 0.25) is 5.28 Å². The first kappa shape index (κ1) is 18.0. The van der Waals surface area contributed by atoms with Gasteiger partial charge in [0, 0.05) is 23.3 Å². The van der Waals surface area contributed by atoms with Crippen LogP contribution in [-0.4, -0.2) is 26.1 Å². The van der Waals surface area contributed by atoms with Crippen molar-refractivity contribution in [2.24, 2.45) is 5.14 Å². The summed E-state index contributed by atoms with van der Waals surface area (Å²) in [5, 5.41) is 10.8. The molecule has 6 nitrogen and oxygen atoms in total. The SMILES string of the molecule is Nc1cccc(S(N)(=O)=CCCCNc2nc(Cl)ncc2Br)c1. The number of nitrogen functional groups attached to an aromatic ring is 1. The Morgan fingerprint density at radius 2 is 2.22 bits per heavy atom. The molecule has 0 amide bonds. The second-order valence-electron chi connectivity index (χ2n) is 4.79. The predicted octanol–water partition coefficient (Wildman–Crippen LogP) is 2.69. The summed E-state index contributed by atoms with van der Waals surface area (Å²) in [6.45, 7) is 0.634. The van der Waals surface area contributed by atoms with Crippen LogP contribution in [0.15, 0.2) is 39.8 Å². The minimum absolute atomic E-state index is 0.175. The Morgan fingerprint density at radius 1 is 1.43 bits per heavy atom. The van der Waals surface area contributed by atoms with Crippen molar-refractivity contribution in [1.29, 1.82) is 0 Å². The summed E-state index contributed by atoms with van der Waals surface area (Å²) < 4.78 is 13.2. The summed E-state index contributed by atoms with van der Waals surface area (Å²) in [6.07, 6.45) is 2.91. The summed E-state index contributed by atoms with van der Waals surface area (Å²) in [5.74, 6) is 0.620. The topological polar surface area (TPSA) is 107 Å². The largest absolute Gasteiger partial charge is 0.399 e. The molecule has 0 fully saturated rings. The third-order valence-electron chi connectivity index (χ3n) is 2.98. The Kier molecular flexibility index (Phi) is 6.23. The third kappa shape index (κ3) is 5.35. The summed E-state index contributed by atoms with van der Waals surface area (Å²) in [5.41, 5.74) is 6.23. The monoisotopic (exact) mass is 417 g/mol. The van der Waals surface area contributed by atoms with E-state index in [1.54, 1.807) is 35.8 Å². The van der Waals surface area contributed by atoms with Gasteiger partial charge in [-0.2, -0.15) is 4.98 Å². The highest BCUT2D eigenvalue weighted by Gasteiger charge is 2.05. The number of nitrogens with one attached hydrogen (secondary N) is 1. The number of nitrogens with two attached hydrogens (primary N) is 2. The Hall–Kier alpha value is -1.35. The van der Waals surface area contributed by atoms with E-state index in [0.29, 0.717) is 29.4 Å². The number of benzene rings is 1. The Morgan fingerprint density at radius 3 is 2.96 bits per heavy atom. The minimum Gasteiger partial charge on any atom is -0.399 e. The van der Waals surface area contributed by atoms with Gasteiger partial charge in [-0.05, 0) is 63.9 Å². The average Bonchev–Trinajstić information content (AvgIpc) is 2.50. The lowest BCUT2D eigenvalue weighted by Crippen LogP contribution is -2.16. The lowest BCUT2D eigenvalue weighted by Gasteiger charge is -2.08. The highest BCUT2D eigenvalue weighted by molar-refractivity contribution is 9.10. The van der Waals surface area contributed by atoms with Gasteiger partial charge in [0.15, 0.2) is 0 Å². The maximum atomic E-state index is 12.5. The fourth-order valence-corrected chi connectivity index (χ4v) is 3.63. The standard InChI is InChI=1S/C14H17BrClN5OS/c15-12-9-20-14(16)21-13(12)19-6-1-2-7-23(18,22)11-5-3-4-10(17)8-11/h3-5,7-9H,1-2,6,17H2,(H2,18,22)(H,19,20,21). The molecule has 1 unspecified atom stereocenters. The first-order valence-corrected chi connectivity index (χ1v) is 9.67. The molecule has 124 valence electrons. The lowest BCUT2D eigenvalue weighted by atomic mass is 10.3. The molecule has 0 aliphatic rings. The third-order valence-corrected chi connectivity index (χ3v) is 5.46. The van der Waals surface area contributed by atoms with Crippen molar-refractivity contribution in [2.75, 3.05) is 17.6 Å². The highest BCUT2D eigenvalue weighted by atomic mass is 79.9. The summed E-state index contributed by atoms with van der Waals surface area (Å²) >= 11 is 9.08. The number of nitrogens with zero attached hydrogens (tertiary/aromatic N) is 2. The first-order chi connectivity index (χ1) is 10.9. The molecule has 0 bridgehead atoms. The molecule has 1 heterocycles. The normalized spacial score (nSPS) is 13.3. The van der Waals surface area contributed by atoms with Crippen LogP contribution in [0, 0.1) is 0 Å². The number of halogens is 2. The van der Waals surface area contributed by atoms with Crippen molar-refractivity contribution in [2.45, 2.75) is 17.7 Å². The zero-order valence-electron chi connectivity index (χ0n) is 12.2. The lowest BCUT2D eigenvalue weighted by molar-refractivity contribution is 0.682. The van der Waals surface area contributed by atoms with Crippen LogP contribution in [0.4, 0.5) is 11.5 Å². The van der Waals surface area contributed by atoms with E-state index in [9.17, 15) is 4.21 Å². The zero-order valence-corrected chi connectivity index (χ0v) is 15.4. The zero-order chi connectivity index (χ0) is 16.9. The van der Waals surface area contributed by atoms with Crippen LogP contribution < -0.4 is 16.2 Å². The molecule has 1 atom stereocenters. The van der Waals surface area contributed by atoms with Crippen LogP contribution in [0.25, 0.3) is 0 Å². The van der Waals surface area contributed by atoms with Crippen LogP contribution in [0.5, 0.6) is 0 Å². The molecule has 9 heteroatoms. The molecule has 2 rings (SSSR count). The number of hydrogen-bond donors (Lipinski definition) is 3. The van der Waals surface area contributed by atoms with E-state index in [4.69, 9.17) is 22.5 Å². The van der Waals surface area contributed by atoms with Crippen LogP contribution in [0.3, 0.4) is 0 Å². The van der Waals surface area contributed by atoms with Crippen molar-refractivity contribution >= 4 is 54.1 Å². The van der Waals surface area contributed by atoms with Crippen molar-refractivity contribution < 1.29 is 4.21 Å². The van der Waals surface area contributed by atoms with Crippen LogP contribution in [-0.2, 0) is 9.71 Å². The number of unbranched alkanes of at least 4 members (excludes halogenated alkanes) is 1. The van der Waals surface area contributed by atoms with Crippen molar-refractivity contribution in [3.63, 3.8) is 0 Å². The molecule has 5 N–H and O–H groups in total. The molecule has 0 spiro atoms. The van der Waals surface area contributed by atoms with Gasteiger partial charge < -0.3 is 11.1 Å². The first-order valence-electron chi connectivity index (χ1n) is 6.81. The van der Waals surface area contributed by atoms with Gasteiger partial charge in [-0.15, -0.1) is 0 Å². The molecular formula is C14H17BrClN5OS. The molecule has 1 aromatic carbocycles. The maximum Gasteiger partial charge on any atom is 0.224 e. The average molecular weight is 419 g/mol. The fourth-order valence-electron chi connectivity index (χ4n) is 1.85. The van der Waals surface area contributed by atoms with Gasteiger partial charge in [0.05, 0.1) is 14.2 Å². The van der Waals surface area contributed by atoms with E-state index < -0.39 is 9.71 Å². The van der Waals surface area contributed by atoms with E-state index in [1.165, 1.54) is 0 Å². The molecule has 0 saturated heterocycles. The second kappa shape index (κ2) is 7.96. The molecule has 0 aliphatic heterocycles. The minimum atomic E-state index is -2.68. The van der Waals surface area contributed by atoms with Gasteiger partial charge in [0.1, 0.15) is 5.82 Å². The maximum absolute atomic E-state index is 12.5. The Balaban J connectivity index is 1.91. The predicted molar refractivity (Wildman–Crippen MR) is 100.0 cm³/mol. The molecule has 0 aliphatic carbocycles. The quantitative estimate of drug-likeness (QED) is 0.289. The van der Waals surface area contributed by atoms with Gasteiger partial charge in [-0.1, -0.05) is 6.07 Å². The summed E-state index contributed by atoms with van der Waals surface area (Å²) in [6, 6.07) is 6.82. The molecule has 23 heavy (non-hydrogen) atoms. The van der Waals surface area contributed by atoms with Gasteiger partial charge in [-0.25, -0.2) is 9.19 Å². The van der Waals surface area contributed by atoms with E-state index in [0.717, 1.165) is 10.9 Å². The van der Waals surface area contributed by atoms with Gasteiger partial charge in [0.2, 0.25) is 5.28 Å². The Labute approximate surface area is 148 Å². The molecular weight excluding hydrogens is 402 g/mol. The summed E-state index contributed by atoms with van der Waals surface area (Å²) in [4.78, 5) is 8.46. The molecule has 0 saturated carbocycles. The van der Waals surface area contributed by atoms with Gasteiger partial charge in [-0.3, -0.25) is 5.14 Å². The smallest absolute Gasteiger partial charge is 0.224 e. The fraction of sp³-hybridized carbons (Fsp3) is 0.214. The van der Waals surface area contributed by atoms with Crippen molar-refractivity contribution in [3.8, 4) is 0 Å². The summed E-state index contributed by atoms with van der Waals surface area (Å²) in [7, 11) is -2.68. The van der Waals surface area contributed by atoms with Crippen molar-refractivity contribution in [1.82, 2.24) is 9.97 Å².